The summed E-state index contributed by atoms with van der Waals surface area (Å²) in [6.07, 6.45) is 7.21. The maximum absolute atomic E-state index is 11.3. The smallest absolute Gasteiger partial charge is 0.0501 e. The van der Waals surface area contributed by atoms with Crippen molar-refractivity contribution in [1.29, 1.82) is 0 Å². The molecule has 1 N–H and O–H groups in total. The lowest BCUT2D eigenvalue weighted by Gasteiger charge is -2.05. The van der Waals surface area contributed by atoms with Gasteiger partial charge in [0.05, 0.1) is 10.8 Å². The van der Waals surface area contributed by atoms with Gasteiger partial charge in [-0.25, -0.2) is 0 Å². The monoisotopic (exact) mass is 199 g/mol. The summed E-state index contributed by atoms with van der Waals surface area (Å²) in [7, 11) is 0.898. The van der Waals surface area contributed by atoms with E-state index >= 15 is 0 Å². The molecular weight excluding hydrogens is 182 g/mol. The van der Waals surface area contributed by atoms with Crippen molar-refractivity contribution >= 4 is 10.8 Å². The molecule has 0 saturated carbocycles. The molecule has 74 valence electrons. The third-order valence-corrected chi connectivity index (χ3v) is 2.59. The van der Waals surface area contributed by atoms with E-state index in [1.807, 2.05) is 26.1 Å². The zero-order valence-corrected chi connectivity index (χ0v) is 9.28. The minimum absolute atomic E-state index is 0.714. The third kappa shape index (κ3) is 4.20. The van der Waals surface area contributed by atoms with E-state index in [2.05, 4.69) is 11.9 Å². The maximum Gasteiger partial charge on any atom is 0.0501 e. The summed E-state index contributed by atoms with van der Waals surface area (Å²) >= 11 is 0. The van der Waals surface area contributed by atoms with Gasteiger partial charge >= 0.3 is 0 Å². The van der Waals surface area contributed by atoms with Crippen LogP contribution >= 0.6 is 0 Å². The molecule has 2 nitrogen and oxygen atoms in total. The number of hydrogen-bond acceptors (Lipinski definition) is 2. The predicted octanol–water partition coefficient (Wildman–Crippen LogP) is 1.60. The fraction of sp³-hybridized carbons (Fsp3) is 0.400. The highest BCUT2D eigenvalue weighted by molar-refractivity contribution is 7.88. The molecular formula is C10H17NOS. The highest BCUT2D eigenvalue weighted by Gasteiger charge is 2.03. The summed E-state index contributed by atoms with van der Waals surface area (Å²) in [6, 6.07) is 0. The van der Waals surface area contributed by atoms with E-state index in [0.29, 0.717) is 6.54 Å². The van der Waals surface area contributed by atoms with Crippen LogP contribution in [-0.2, 0) is 10.8 Å². The van der Waals surface area contributed by atoms with Crippen LogP contribution in [0.25, 0.3) is 0 Å². The molecule has 3 heteroatoms. The van der Waals surface area contributed by atoms with Crippen molar-refractivity contribution < 1.29 is 4.21 Å². The van der Waals surface area contributed by atoms with Gasteiger partial charge in [0.2, 0.25) is 0 Å². The minimum Gasteiger partial charge on any atom is -0.316 e. The Hall–Kier alpha value is -0.670. The standard InChI is InChI=1S/C10H17NOS/c1-5-7-9(8-11-3)10(6-2)13(4)12/h5-7,11H,2,8H2,1,3-4H3/b7-5-,10-9-. The van der Waals surface area contributed by atoms with Gasteiger partial charge in [0.25, 0.3) is 0 Å². The normalized spacial score (nSPS) is 15.6. The maximum atomic E-state index is 11.3. The van der Waals surface area contributed by atoms with Crippen LogP contribution in [-0.4, -0.2) is 24.1 Å². The Labute approximate surface area is 82.9 Å². The molecule has 13 heavy (non-hydrogen) atoms. The second-order valence-corrected chi connectivity index (χ2v) is 3.93. The quantitative estimate of drug-likeness (QED) is 0.681. The molecule has 1 unspecified atom stereocenters. The first-order valence-corrected chi connectivity index (χ1v) is 5.69. The van der Waals surface area contributed by atoms with E-state index < -0.39 is 10.8 Å². The van der Waals surface area contributed by atoms with Crippen molar-refractivity contribution in [1.82, 2.24) is 5.32 Å². The van der Waals surface area contributed by atoms with E-state index in [-0.39, 0.29) is 0 Å². The zero-order chi connectivity index (χ0) is 10.3. The summed E-state index contributed by atoms with van der Waals surface area (Å²) in [5, 5.41) is 3.03. The summed E-state index contributed by atoms with van der Waals surface area (Å²) in [6.45, 7) is 6.31. The van der Waals surface area contributed by atoms with Crippen LogP contribution in [0.3, 0.4) is 0 Å². The molecule has 0 radical (unpaired) electrons. The van der Waals surface area contributed by atoms with Gasteiger partial charge in [-0.15, -0.1) is 0 Å². The van der Waals surface area contributed by atoms with Gasteiger partial charge in [-0.2, -0.15) is 0 Å². The lowest BCUT2D eigenvalue weighted by Crippen LogP contribution is -2.12. The number of nitrogens with one attached hydrogen (secondary N) is 1. The Morgan fingerprint density at radius 2 is 2.23 bits per heavy atom. The molecule has 0 rings (SSSR count). The van der Waals surface area contributed by atoms with Crippen LogP contribution in [0.2, 0.25) is 0 Å². The van der Waals surface area contributed by atoms with Gasteiger partial charge < -0.3 is 5.32 Å². The molecule has 0 aliphatic rings. The molecule has 0 aromatic heterocycles. The van der Waals surface area contributed by atoms with Gasteiger partial charge in [-0.05, 0) is 19.5 Å². The predicted molar refractivity (Wildman–Crippen MR) is 60.0 cm³/mol. The van der Waals surface area contributed by atoms with Crippen molar-refractivity contribution in [3.05, 3.63) is 35.3 Å². The first-order chi connectivity index (χ1) is 6.17. The molecule has 0 aliphatic carbocycles. The van der Waals surface area contributed by atoms with Gasteiger partial charge in [0, 0.05) is 17.7 Å². The third-order valence-electron chi connectivity index (χ3n) is 1.55. The number of hydrogen-bond donors (Lipinski definition) is 1. The molecule has 0 spiro atoms. The van der Waals surface area contributed by atoms with Crippen LogP contribution < -0.4 is 5.32 Å². The molecule has 0 fully saturated rings. The summed E-state index contributed by atoms with van der Waals surface area (Å²) < 4.78 is 11.3. The largest absolute Gasteiger partial charge is 0.316 e. The van der Waals surface area contributed by atoms with Gasteiger partial charge in [-0.3, -0.25) is 4.21 Å². The van der Waals surface area contributed by atoms with Gasteiger partial charge in [-0.1, -0.05) is 24.8 Å². The van der Waals surface area contributed by atoms with Gasteiger partial charge in [0.1, 0.15) is 0 Å². The van der Waals surface area contributed by atoms with Crippen molar-refractivity contribution in [3.8, 4) is 0 Å². The van der Waals surface area contributed by atoms with Crippen LogP contribution in [0, 0.1) is 0 Å². The highest BCUT2D eigenvalue weighted by Crippen LogP contribution is 2.10. The fourth-order valence-corrected chi connectivity index (χ4v) is 1.80. The van der Waals surface area contributed by atoms with Gasteiger partial charge in [0.15, 0.2) is 0 Å². The summed E-state index contributed by atoms with van der Waals surface area (Å²) in [5.41, 5.74) is 1.03. The van der Waals surface area contributed by atoms with Crippen molar-refractivity contribution in [2.24, 2.45) is 0 Å². The summed E-state index contributed by atoms with van der Waals surface area (Å²) in [5.74, 6) is 0. The Morgan fingerprint density at radius 1 is 1.62 bits per heavy atom. The second-order valence-electron chi connectivity index (χ2n) is 2.58. The fourth-order valence-electron chi connectivity index (χ4n) is 1.05. The topological polar surface area (TPSA) is 29.1 Å². The Kier molecular flexibility index (Phi) is 6.45. The van der Waals surface area contributed by atoms with E-state index in [9.17, 15) is 4.21 Å². The lowest BCUT2D eigenvalue weighted by atomic mass is 10.2. The molecule has 0 aromatic carbocycles. The average molecular weight is 199 g/mol. The van der Waals surface area contributed by atoms with Crippen molar-refractivity contribution in [3.63, 3.8) is 0 Å². The Morgan fingerprint density at radius 3 is 2.54 bits per heavy atom. The minimum atomic E-state index is -0.966. The van der Waals surface area contributed by atoms with E-state index in [4.69, 9.17) is 0 Å². The number of rotatable bonds is 5. The SMILES string of the molecule is C=C/C(=C(\C=C/C)CNC)S(C)=O. The Bertz CT molecular complexity index is 254. The molecule has 0 amide bonds. The van der Waals surface area contributed by atoms with Crippen LogP contribution in [0.5, 0.6) is 0 Å². The highest BCUT2D eigenvalue weighted by atomic mass is 32.2. The van der Waals surface area contributed by atoms with E-state index in [1.54, 1.807) is 12.3 Å². The molecule has 0 bridgehead atoms. The first-order valence-electron chi connectivity index (χ1n) is 4.13. The van der Waals surface area contributed by atoms with Crippen molar-refractivity contribution in [2.45, 2.75) is 6.92 Å². The average Bonchev–Trinajstić information content (AvgIpc) is 2.05. The summed E-state index contributed by atoms with van der Waals surface area (Å²) in [4.78, 5) is 0.799. The zero-order valence-electron chi connectivity index (χ0n) is 8.46. The molecule has 0 aromatic rings. The van der Waals surface area contributed by atoms with Crippen LogP contribution in [0.15, 0.2) is 35.3 Å². The molecule has 0 aliphatic heterocycles. The van der Waals surface area contributed by atoms with Crippen molar-refractivity contribution in [2.75, 3.05) is 19.8 Å². The van der Waals surface area contributed by atoms with Crippen LogP contribution in [0.4, 0.5) is 0 Å². The first kappa shape index (κ1) is 12.3. The molecule has 1 atom stereocenters. The number of allylic oxidation sites excluding steroid dienone is 2. The number of likely N-dealkylation sites (N-methyl/N-ethyl adjacent to an activating group) is 1. The molecule has 0 saturated heterocycles. The lowest BCUT2D eigenvalue weighted by molar-refractivity contribution is 0.690. The second kappa shape index (κ2) is 6.80. The van der Waals surface area contributed by atoms with Crippen LogP contribution in [0.1, 0.15) is 6.92 Å². The molecule has 0 heterocycles. The van der Waals surface area contributed by atoms with E-state index in [0.717, 1.165) is 10.5 Å². The Balaban J connectivity index is 4.99. The van der Waals surface area contributed by atoms with E-state index in [1.165, 1.54) is 0 Å².